The van der Waals surface area contributed by atoms with Gasteiger partial charge in [-0.15, -0.1) is 0 Å². The number of nitrogens with zero attached hydrogens (tertiary/aromatic N) is 1. The number of rotatable bonds is 2. The zero-order valence-corrected chi connectivity index (χ0v) is 10.2. The van der Waals surface area contributed by atoms with Gasteiger partial charge in [0.25, 0.3) is 0 Å². The summed E-state index contributed by atoms with van der Waals surface area (Å²) < 4.78 is 0. The van der Waals surface area contributed by atoms with Crippen LogP contribution in [0.15, 0.2) is 35.0 Å². The lowest BCUT2D eigenvalue weighted by molar-refractivity contribution is -0.136. The highest BCUT2D eigenvalue weighted by atomic mass is 16.7. The zero-order valence-electron chi connectivity index (χ0n) is 10.2. The predicted molar refractivity (Wildman–Crippen MR) is 67.7 cm³/mol. The van der Waals surface area contributed by atoms with Crippen molar-refractivity contribution in [2.45, 2.75) is 26.7 Å². The van der Waals surface area contributed by atoms with Crippen LogP contribution >= 0.6 is 0 Å². The Bertz CT molecular complexity index is 495. The van der Waals surface area contributed by atoms with Gasteiger partial charge in [-0.3, -0.25) is 0 Å². The van der Waals surface area contributed by atoms with E-state index in [1.54, 1.807) is 13.0 Å². The summed E-state index contributed by atoms with van der Waals surface area (Å²) in [6, 6.07) is 8.15. The lowest BCUT2D eigenvalue weighted by Crippen LogP contribution is -2.01. The second-order valence-corrected chi connectivity index (χ2v) is 4.43. The van der Waals surface area contributed by atoms with Gasteiger partial charge in [-0.25, -0.2) is 4.79 Å². The van der Waals surface area contributed by atoms with Crippen LogP contribution in [0.2, 0.25) is 0 Å². The van der Waals surface area contributed by atoms with Crippen LogP contribution in [0.5, 0.6) is 0 Å². The van der Waals surface area contributed by atoms with Crippen molar-refractivity contribution in [3.05, 3.63) is 41.0 Å². The van der Waals surface area contributed by atoms with Gasteiger partial charge < -0.3 is 4.84 Å². The van der Waals surface area contributed by atoms with Crippen LogP contribution in [-0.2, 0) is 9.63 Å². The molecule has 3 heteroatoms. The van der Waals surface area contributed by atoms with Crippen molar-refractivity contribution in [1.29, 1.82) is 0 Å². The smallest absolute Gasteiger partial charge is 0.312 e. The van der Waals surface area contributed by atoms with Gasteiger partial charge in [0.1, 0.15) is 0 Å². The van der Waals surface area contributed by atoms with E-state index in [9.17, 15) is 4.79 Å². The lowest BCUT2D eigenvalue weighted by atomic mass is 10.0. The summed E-state index contributed by atoms with van der Waals surface area (Å²) in [5.41, 5.74) is 3.43. The summed E-state index contributed by atoms with van der Waals surface area (Å²) in [7, 11) is 0. The molecule has 17 heavy (non-hydrogen) atoms. The molecule has 0 unspecified atom stereocenters. The first-order valence-corrected chi connectivity index (χ1v) is 5.66. The maximum Gasteiger partial charge on any atom is 0.367 e. The molecule has 0 aromatic heterocycles. The second kappa shape index (κ2) is 4.53. The number of oxime groups is 1. The SMILES string of the molecule is CC1=NOC(=O)C1=Cc1ccc(C(C)C)cc1. The first-order valence-electron chi connectivity index (χ1n) is 5.66. The normalized spacial score (nSPS) is 17.5. The maximum absolute atomic E-state index is 11.4. The molecule has 0 amide bonds. The first-order chi connectivity index (χ1) is 8.08. The molecule has 88 valence electrons. The molecule has 0 aliphatic carbocycles. The molecule has 0 spiro atoms. The van der Waals surface area contributed by atoms with E-state index in [0.717, 1.165) is 5.56 Å². The Morgan fingerprint density at radius 1 is 1.24 bits per heavy atom. The number of hydrogen-bond acceptors (Lipinski definition) is 3. The first kappa shape index (κ1) is 11.6. The van der Waals surface area contributed by atoms with Crippen LogP contribution in [0, 0.1) is 0 Å². The summed E-state index contributed by atoms with van der Waals surface area (Å²) in [5, 5.41) is 3.64. The van der Waals surface area contributed by atoms with Gasteiger partial charge in [-0.2, -0.15) is 0 Å². The summed E-state index contributed by atoms with van der Waals surface area (Å²) in [6.45, 7) is 6.07. The van der Waals surface area contributed by atoms with Crippen LogP contribution in [0.3, 0.4) is 0 Å². The van der Waals surface area contributed by atoms with E-state index in [0.29, 0.717) is 17.2 Å². The molecule has 1 aromatic rings. The van der Waals surface area contributed by atoms with Gasteiger partial charge in [0, 0.05) is 0 Å². The average molecular weight is 229 g/mol. The van der Waals surface area contributed by atoms with E-state index in [2.05, 4.69) is 36.0 Å². The molecule has 0 atom stereocenters. The van der Waals surface area contributed by atoms with Gasteiger partial charge >= 0.3 is 5.97 Å². The summed E-state index contributed by atoms with van der Waals surface area (Å²) in [4.78, 5) is 16.0. The molecular formula is C14H15NO2. The van der Waals surface area contributed by atoms with Gasteiger partial charge in [0.15, 0.2) is 0 Å². The van der Waals surface area contributed by atoms with Crippen molar-refractivity contribution in [1.82, 2.24) is 0 Å². The molecule has 0 bridgehead atoms. The Hall–Kier alpha value is -1.90. The minimum absolute atomic E-state index is 0.379. The van der Waals surface area contributed by atoms with Crippen LogP contribution < -0.4 is 0 Å². The van der Waals surface area contributed by atoms with Crippen molar-refractivity contribution in [2.24, 2.45) is 5.16 Å². The van der Waals surface area contributed by atoms with Gasteiger partial charge in [-0.05, 0) is 30.0 Å². The fourth-order valence-electron chi connectivity index (χ4n) is 1.66. The fraction of sp³-hybridized carbons (Fsp3) is 0.286. The zero-order chi connectivity index (χ0) is 12.4. The Morgan fingerprint density at radius 2 is 1.88 bits per heavy atom. The largest absolute Gasteiger partial charge is 0.367 e. The van der Waals surface area contributed by atoms with Crippen LogP contribution in [0.25, 0.3) is 6.08 Å². The Labute approximate surface area is 101 Å². The molecular weight excluding hydrogens is 214 g/mol. The van der Waals surface area contributed by atoms with Crippen LogP contribution in [-0.4, -0.2) is 11.7 Å². The van der Waals surface area contributed by atoms with Crippen molar-refractivity contribution in [3.8, 4) is 0 Å². The van der Waals surface area contributed by atoms with Crippen LogP contribution in [0.4, 0.5) is 0 Å². The fourth-order valence-corrected chi connectivity index (χ4v) is 1.66. The monoisotopic (exact) mass is 229 g/mol. The van der Waals surface area contributed by atoms with Gasteiger partial charge in [-0.1, -0.05) is 43.3 Å². The third kappa shape index (κ3) is 2.44. The molecule has 1 heterocycles. The summed E-state index contributed by atoms with van der Waals surface area (Å²) in [5.74, 6) is 0.131. The van der Waals surface area contributed by atoms with E-state index < -0.39 is 0 Å². The minimum Gasteiger partial charge on any atom is -0.312 e. The Morgan fingerprint density at radius 3 is 2.35 bits per heavy atom. The Balaban J connectivity index is 2.27. The van der Waals surface area contributed by atoms with E-state index in [4.69, 9.17) is 0 Å². The average Bonchev–Trinajstić information content (AvgIpc) is 2.61. The van der Waals surface area contributed by atoms with Crippen molar-refractivity contribution < 1.29 is 9.63 Å². The van der Waals surface area contributed by atoms with Gasteiger partial charge in [0.2, 0.25) is 0 Å². The molecule has 0 saturated heterocycles. The maximum atomic E-state index is 11.4. The molecule has 0 N–H and O–H groups in total. The third-order valence-corrected chi connectivity index (χ3v) is 2.79. The standard InChI is InChI=1S/C14H15NO2/c1-9(2)12-6-4-11(5-7-12)8-13-10(3)15-17-14(13)16/h4-9H,1-3H3. The predicted octanol–water partition coefficient (Wildman–Crippen LogP) is 3.13. The topological polar surface area (TPSA) is 38.7 Å². The molecule has 0 radical (unpaired) electrons. The van der Waals surface area contributed by atoms with E-state index >= 15 is 0 Å². The molecule has 0 fully saturated rings. The number of carbonyl (C=O) groups excluding carboxylic acids is 1. The second-order valence-electron chi connectivity index (χ2n) is 4.43. The highest BCUT2D eigenvalue weighted by Crippen LogP contribution is 2.18. The molecule has 1 aromatic carbocycles. The molecule has 1 aliphatic heterocycles. The Kier molecular flexibility index (Phi) is 3.09. The highest BCUT2D eigenvalue weighted by Gasteiger charge is 2.21. The number of hydrogen-bond donors (Lipinski definition) is 0. The lowest BCUT2D eigenvalue weighted by Gasteiger charge is -2.04. The number of carbonyl (C=O) groups is 1. The molecule has 0 saturated carbocycles. The molecule has 3 nitrogen and oxygen atoms in total. The van der Waals surface area contributed by atoms with E-state index in [1.807, 2.05) is 12.1 Å². The van der Waals surface area contributed by atoms with Crippen molar-refractivity contribution in [2.75, 3.05) is 0 Å². The van der Waals surface area contributed by atoms with Crippen molar-refractivity contribution >= 4 is 17.8 Å². The van der Waals surface area contributed by atoms with E-state index in [1.165, 1.54) is 5.56 Å². The van der Waals surface area contributed by atoms with Crippen LogP contribution in [0.1, 0.15) is 37.8 Å². The quantitative estimate of drug-likeness (QED) is 0.577. The minimum atomic E-state index is -0.379. The van der Waals surface area contributed by atoms with E-state index in [-0.39, 0.29) is 5.97 Å². The molecule has 2 rings (SSSR count). The van der Waals surface area contributed by atoms with Crippen molar-refractivity contribution in [3.63, 3.8) is 0 Å². The third-order valence-electron chi connectivity index (χ3n) is 2.79. The summed E-state index contributed by atoms with van der Waals surface area (Å²) in [6.07, 6.45) is 1.80. The molecule has 1 aliphatic rings. The summed E-state index contributed by atoms with van der Waals surface area (Å²) >= 11 is 0. The van der Waals surface area contributed by atoms with Gasteiger partial charge in [0.05, 0.1) is 11.3 Å². The highest BCUT2D eigenvalue weighted by molar-refractivity contribution is 6.24. The number of benzene rings is 1.